The highest BCUT2D eigenvalue weighted by Crippen LogP contribution is 2.37. The average molecular weight is 479 g/mol. The van der Waals surface area contributed by atoms with Gasteiger partial charge < -0.3 is 15.0 Å². The molecule has 3 heteroatoms. The number of methoxy groups -OCH3 is 1. The molecule has 0 heterocycles. The topological polar surface area (TPSA) is 24.5 Å². The smallest absolute Gasteiger partial charge is 0.0635 e. The van der Waals surface area contributed by atoms with Crippen molar-refractivity contribution in [2.45, 2.75) is 51.4 Å². The van der Waals surface area contributed by atoms with Crippen LogP contribution in [0.3, 0.4) is 0 Å². The van der Waals surface area contributed by atoms with E-state index in [1.807, 2.05) is 6.08 Å². The summed E-state index contributed by atoms with van der Waals surface area (Å²) in [5.41, 5.74) is 14.0. The van der Waals surface area contributed by atoms with Gasteiger partial charge in [-0.25, -0.2) is 0 Å². The Labute approximate surface area is 216 Å². The molecule has 2 aromatic carbocycles. The monoisotopic (exact) mass is 478 g/mol. The number of benzene rings is 2. The SMILES string of the molecule is COCCNc1ccccc1C(C)(C)C/C=C/C1=C(N(C2=CCC=C=C=C2)c2ccccc2)CCC1. The zero-order valence-electron chi connectivity index (χ0n) is 21.9. The maximum absolute atomic E-state index is 5.22. The third kappa shape index (κ3) is 6.39. The predicted octanol–water partition coefficient (Wildman–Crippen LogP) is 8.07. The van der Waals surface area contributed by atoms with Crippen molar-refractivity contribution < 1.29 is 4.74 Å². The molecule has 0 aliphatic heterocycles. The summed E-state index contributed by atoms with van der Waals surface area (Å²) in [6.07, 6.45) is 16.3. The first-order valence-corrected chi connectivity index (χ1v) is 13.0. The number of anilines is 2. The van der Waals surface area contributed by atoms with E-state index in [1.54, 1.807) is 7.11 Å². The molecule has 0 unspecified atom stereocenters. The Morgan fingerprint density at radius 3 is 2.67 bits per heavy atom. The molecule has 0 atom stereocenters. The molecule has 186 valence electrons. The second kappa shape index (κ2) is 12.5. The van der Waals surface area contributed by atoms with Crippen LogP contribution in [0.5, 0.6) is 0 Å². The van der Waals surface area contributed by atoms with Crippen LogP contribution in [0.2, 0.25) is 0 Å². The van der Waals surface area contributed by atoms with Crippen molar-refractivity contribution in [3.05, 3.63) is 119 Å². The van der Waals surface area contributed by atoms with Crippen LogP contribution in [0.1, 0.15) is 51.5 Å². The number of nitrogens with one attached hydrogen (secondary N) is 1. The van der Waals surface area contributed by atoms with Crippen molar-refractivity contribution in [2.75, 3.05) is 30.5 Å². The summed E-state index contributed by atoms with van der Waals surface area (Å²) in [6.45, 7) is 6.16. The molecule has 1 N–H and O–H groups in total. The number of allylic oxidation sites excluding steroid dienone is 7. The van der Waals surface area contributed by atoms with E-state index in [9.17, 15) is 0 Å². The van der Waals surface area contributed by atoms with Gasteiger partial charge in [0.25, 0.3) is 0 Å². The van der Waals surface area contributed by atoms with Crippen molar-refractivity contribution in [1.29, 1.82) is 0 Å². The van der Waals surface area contributed by atoms with Crippen LogP contribution in [0.15, 0.2) is 113 Å². The van der Waals surface area contributed by atoms with E-state index in [0.29, 0.717) is 6.61 Å². The maximum atomic E-state index is 5.22. The highest BCUT2D eigenvalue weighted by Gasteiger charge is 2.24. The fraction of sp³-hybridized carbons (Fsp3) is 0.333. The van der Waals surface area contributed by atoms with Crippen molar-refractivity contribution in [3.8, 4) is 0 Å². The molecule has 36 heavy (non-hydrogen) atoms. The number of nitrogens with zero attached hydrogens (tertiary/aromatic N) is 1. The van der Waals surface area contributed by atoms with Crippen LogP contribution in [-0.4, -0.2) is 20.3 Å². The Balaban J connectivity index is 1.59. The van der Waals surface area contributed by atoms with Crippen LogP contribution in [0.4, 0.5) is 11.4 Å². The number of hydrogen-bond acceptors (Lipinski definition) is 3. The Morgan fingerprint density at radius 1 is 1.03 bits per heavy atom. The van der Waals surface area contributed by atoms with Crippen LogP contribution < -0.4 is 10.2 Å². The number of para-hydroxylation sites is 2. The van der Waals surface area contributed by atoms with Gasteiger partial charge in [0.05, 0.1) is 12.3 Å². The Bertz CT molecular complexity index is 1220. The lowest BCUT2D eigenvalue weighted by molar-refractivity contribution is 0.210. The Morgan fingerprint density at radius 2 is 1.83 bits per heavy atom. The third-order valence-corrected chi connectivity index (χ3v) is 6.85. The van der Waals surface area contributed by atoms with E-state index in [4.69, 9.17) is 4.74 Å². The summed E-state index contributed by atoms with van der Waals surface area (Å²) in [7, 11) is 1.74. The summed E-state index contributed by atoms with van der Waals surface area (Å²) in [5, 5.41) is 3.55. The van der Waals surface area contributed by atoms with Gasteiger partial charge in [-0.2, -0.15) is 0 Å². The largest absolute Gasteiger partial charge is 0.383 e. The van der Waals surface area contributed by atoms with E-state index in [1.165, 1.54) is 40.3 Å². The molecule has 3 nitrogen and oxygen atoms in total. The zero-order valence-corrected chi connectivity index (χ0v) is 21.9. The molecule has 4 rings (SSSR count). The van der Waals surface area contributed by atoms with E-state index in [0.717, 1.165) is 32.2 Å². The van der Waals surface area contributed by atoms with E-state index in [2.05, 4.69) is 114 Å². The second-order valence-corrected chi connectivity index (χ2v) is 9.95. The number of rotatable bonds is 11. The fourth-order valence-corrected chi connectivity index (χ4v) is 4.97. The normalized spacial score (nSPS) is 15.5. The molecule has 0 saturated carbocycles. The van der Waals surface area contributed by atoms with Gasteiger partial charge in [-0.05, 0) is 72.9 Å². The summed E-state index contributed by atoms with van der Waals surface area (Å²) < 4.78 is 5.22. The number of hydrogen-bond donors (Lipinski definition) is 1. The zero-order chi connectivity index (χ0) is 25.2. The Kier molecular flexibility index (Phi) is 8.87. The van der Waals surface area contributed by atoms with Gasteiger partial charge in [-0.15, -0.1) is 0 Å². The van der Waals surface area contributed by atoms with Gasteiger partial charge in [0.15, 0.2) is 0 Å². The molecule has 0 fully saturated rings. The first-order valence-electron chi connectivity index (χ1n) is 13.0. The average Bonchev–Trinajstić information content (AvgIpc) is 3.17. The van der Waals surface area contributed by atoms with E-state index < -0.39 is 0 Å². The minimum atomic E-state index is 0.00856. The first kappa shape index (κ1) is 25.6. The highest BCUT2D eigenvalue weighted by molar-refractivity contribution is 5.63. The van der Waals surface area contributed by atoms with Gasteiger partial charge in [-0.1, -0.05) is 79.9 Å². The van der Waals surface area contributed by atoms with Gasteiger partial charge >= 0.3 is 0 Å². The minimum Gasteiger partial charge on any atom is -0.383 e. The van der Waals surface area contributed by atoms with Crippen LogP contribution >= 0.6 is 0 Å². The fourth-order valence-electron chi connectivity index (χ4n) is 4.97. The lowest BCUT2D eigenvalue weighted by Gasteiger charge is -2.28. The minimum absolute atomic E-state index is 0.00856. The van der Waals surface area contributed by atoms with E-state index in [-0.39, 0.29) is 5.41 Å². The molecule has 0 radical (unpaired) electrons. The molecular formula is C33H38N2O. The first-order chi connectivity index (χ1) is 17.6. The van der Waals surface area contributed by atoms with Crippen LogP contribution in [0, 0.1) is 0 Å². The van der Waals surface area contributed by atoms with Gasteiger partial charge in [0.1, 0.15) is 0 Å². The molecule has 0 saturated heterocycles. The molecule has 0 amide bonds. The second-order valence-electron chi connectivity index (χ2n) is 9.95. The summed E-state index contributed by atoms with van der Waals surface area (Å²) >= 11 is 0. The highest BCUT2D eigenvalue weighted by atomic mass is 16.5. The molecule has 2 aromatic rings. The number of ether oxygens (including phenoxy) is 1. The molecular weight excluding hydrogens is 440 g/mol. The quantitative estimate of drug-likeness (QED) is 0.261. The molecule has 0 bridgehead atoms. The lowest BCUT2D eigenvalue weighted by Crippen LogP contribution is -2.21. The van der Waals surface area contributed by atoms with Crippen molar-refractivity contribution in [1.82, 2.24) is 0 Å². The Hall–Kier alpha value is -3.48. The van der Waals surface area contributed by atoms with Crippen molar-refractivity contribution in [2.24, 2.45) is 0 Å². The van der Waals surface area contributed by atoms with Gasteiger partial charge in [-0.3, -0.25) is 0 Å². The van der Waals surface area contributed by atoms with Crippen molar-refractivity contribution >= 4 is 11.4 Å². The van der Waals surface area contributed by atoms with Gasteiger partial charge in [0, 0.05) is 36.8 Å². The summed E-state index contributed by atoms with van der Waals surface area (Å²) in [5.74, 6) is 0. The molecule has 2 aliphatic carbocycles. The molecule has 0 spiro atoms. The molecule has 0 aromatic heterocycles. The standard InChI is InChI=1S/C33H38N2O/c1-33(2,30-21-11-12-22-31(30)34-25-26-36-3)24-14-16-27-15-13-23-32(27)35(29-19-9-6-10-20-29)28-17-7-4-5-8-18-28/h4,6,9-12,14,16-22,34H,7,13,15,23-26H2,1-3H3/b16-14+. The predicted molar refractivity (Wildman–Crippen MR) is 152 cm³/mol. The van der Waals surface area contributed by atoms with E-state index >= 15 is 0 Å². The van der Waals surface area contributed by atoms with Crippen LogP contribution in [-0.2, 0) is 10.2 Å². The summed E-state index contributed by atoms with van der Waals surface area (Å²) in [4.78, 5) is 2.42. The van der Waals surface area contributed by atoms with Crippen LogP contribution in [0.25, 0.3) is 0 Å². The third-order valence-electron chi connectivity index (χ3n) is 6.85. The lowest BCUT2D eigenvalue weighted by atomic mass is 9.80. The van der Waals surface area contributed by atoms with Gasteiger partial charge in [0.2, 0.25) is 0 Å². The van der Waals surface area contributed by atoms with Crippen molar-refractivity contribution in [3.63, 3.8) is 0 Å². The maximum Gasteiger partial charge on any atom is 0.0635 e. The summed E-state index contributed by atoms with van der Waals surface area (Å²) in [6, 6.07) is 19.3. The molecule has 2 aliphatic rings.